The van der Waals surface area contributed by atoms with Gasteiger partial charge in [-0.1, -0.05) is 0 Å². The second-order valence-electron chi connectivity index (χ2n) is 4.70. The highest BCUT2D eigenvalue weighted by molar-refractivity contribution is 6.06. The molecule has 0 atom stereocenters. The molecule has 0 radical (unpaired) electrons. The van der Waals surface area contributed by atoms with Crippen LogP contribution < -0.4 is 0 Å². The fourth-order valence-electron chi connectivity index (χ4n) is 2.44. The Morgan fingerprint density at radius 1 is 1.15 bits per heavy atom. The molecule has 0 unspecified atom stereocenters. The molecule has 2 N–H and O–H groups in total. The molecule has 1 aromatic carbocycles. The fraction of sp³-hybridized carbons (Fsp3) is 0.0667. The number of imidazole rings is 1. The zero-order valence-corrected chi connectivity index (χ0v) is 10.7. The average molecular weight is 265 g/mol. The van der Waals surface area contributed by atoms with Gasteiger partial charge in [0.2, 0.25) is 0 Å². The summed E-state index contributed by atoms with van der Waals surface area (Å²) in [5, 5.41) is 10.9. The predicted octanol–water partition coefficient (Wildman–Crippen LogP) is 3.39. The van der Waals surface area contributed by atoms with Crippen molar-refractivity contribution in [2.24, 2.45) is 0 Å². The molecule has 0 saturated heterocycles. The number of pyridine rings is 1. The van der Waals surface area contributed by atoms with Crippen LogP contribution in [0.5, 0.6) is 5.75 Å². The summed E-state index contributed by atoms with van der Waals surface area (Å²) in [6, 6.07) is 9.03. The summed E-state index contributed by atoms with van der Waals surface area (Å²) in [7, 11) is 0. The Morgan fingerprint density at radius 2 is 2.00 bits per heavy atom. The Bertz CT molecular complexity index is 923. The van der Waals surface area contributed by atoms with Gasteiger partial charge in [0.25, 0.3) is 0 Å². The highest BCUT2D eigenvalue weighted by Gasteiger charge is 2.13. The molecule has 20 heavy (non-hydrogen) atoms. The number of fused-ring (bicyclic) bond motifs is 3. The van der Waals surface area contributed by atoms with Crippen molar-refractivity contribution in [3.63, 3.8) is 0 Å². The minimum absolute atomic E-state index is 0.202. The number of H-pyrrole nitrogens is 1. The molecule has 3 heterocycles. The zero-order chi connectivity index (χ0) is 13.7. The van der Waals surface area contributed by atoms with Gasteiger partial charge >= 0.3 is 0 Å². The molecule has 3 aromatic heterocycles. The maximum absolute atomic E-state index is 10.2. The Hall–Kier alpha value is -2.82. The molecule has 5 heteroatoms. The van der Waals surface area contributed by atoms with Crippen LogP contribution in [-0.4, -0.2) is 20.1 Å². The molecule has 5 nitrogen and oxygen atoms in total. The first-order valence-electron chi connectivity index (χ1n) is 6.25. The highest BCUT2D eigenvalue weighted by atomic mass is 16.3. The molecule has 0 bridgehead atoms. The van der Waals surface area contributed by atoms with Crippen LogP contribution in [0, 0.1) is 6.92 Å². The third kappa shape index (κ3) is 1.50. The molecule has 0 spiro atoms. The molecule has 0 aliphatic heterocycles. The summed E-state index contributed by atoms with van der Waals surface area (Å²) in [5.41, 5.74) is 3.05. The third-order valence-corrected chi connectivity index (χ3v) is 3.29. The van der Waals surface area contributed by atoms with Crippen molar-refractivity contribution in [2.45, 2.75) is 6.92 Å². The van der Waals surface area contributed by atoms with Crippen LogP contribution in [0.3, 0.4) is 0 Å². The van der Waals surface area contributed by atoms with E-state index in [0.717, 1.165) is 22.2 Å². The summed E-state index contributed by atoms with van der Waals surface area (Å²) in [6.07, 6.45) is 1.60. The topological polar surface area (TPSA) is 74.9 Å². The van der Waals surface area contributed by atoms with E-state index in [1.54, 1.807) is 12.3 Å². The zero-order valence-electron chi connectivity index (χ0n) is 10.7. The molecule has 0 aliphatic rings. The predicted molar refractivity (Wildman–Crippen MR) is 75.5 cm³/mol. The molecular formula is C15H11N3O2. The molecule has 0 aliphatic carbocycles. The summed E-state index contributed by atoms with van der Waals surface area (Å²) in [5.74, 6) is 1.50. The van der Waals surface area contributed by atoms with Crippen LogP contribution >= 0.6 is 0 Å². The van der Waals surface area contributed by atoms with Crippen molar-refractivity contribution in [2.75, 3.05) is 0 Å². The van der Waals surface area contributed by atoms with E-state index < -0.39 is 0 Å². The number of aryl methyl sites for hydroxylation is 1. The number of aromatic hydroxyl groups is 1. The van der Waals surface area contributed by atoms with Crippen LogP contribution in [0.25, 0.3) is 33.5 Å². The number of aromatic amines is 1. The van der Waals surface area contributed by atoms with E-state index in [2.05, 4.69) is 15.0 Å². The normalized spacial score (nSPS) is 11.4. The lowest BCUT2D eigenvalue weighted by molar-refractivity contribution is 0.481. The van der Waals surface area contributed by atoms with E-state index in [1.165, 1.54) is 0 Å². The lowest BCUT2D eigenvalue weighted by Crippen LogP contribution is -1.85. The van der Waals surface area contributed by atoms with Crippen molar-refractivity contribution >= 4 is 21.9 Å². The highest BCUT2D eigenvalue weighted by Crippen LogP contribution is 2.32. The van der Waals surface area contributed by atoms with Crippen LogP contribution in [-0.2, 0) is 0 Å². The molecule has 4 rings (SSSR count). The van der Waals surface area contributed by atoms with Crippen LogP contribution in [0.4, 0.5) is 0 Å². The lowest BCUT2D eigenvalue weighted by atomic mass is 10.1. The maximum atomic E-state index is 10.2. The number of rotatable bonds is 1. The lowest BCUT2D eigenvalue weighted by Gasteiger charge is -2.02. The van der Waals surface area contributed by atoms with Gasteiger partial charge in [0.15, 0.2) is 11.6 Å². The van der Waals surface area contributed by atoms with Gasteiger partial charge in [0, 0.05) is 11.8 Å². The van der Waals surface area contributed by atoms with Gasteiger partial charge in [-0.2, -0.15) is 0 Å². The van der Waals surface area contributed by atoms with Gasteiger partial charge in [-0.05, 0) is 31.2 Å². The van der Waals surface area contributed by atoms with E-state index >= 15 is 0 Å². The molecule has 0 fully saturated rings. The third-order valence-electron chi connectivity index (χ3n) is 3.29. The first kappa shape index (κ1) is 11.0. The van der Waals surface area contributed by atoms with Gasteiger partial charge in [-0.3, -0.25) is 4.98 Å². The van der Waals surface area contributed by atoms with Crippen molar-refractivity contribution in [1.29, 1.82) is 0 Å². The van der Waals surface area contributed by atoms with Crippen LogP contribution in [0.2, 0.25) is 0 Å². The minimum atomic E-state index is 0.202. The SMILES string of the molecule is Cc1cc(O)c2c(ccc3nc(-c4ccco4)[nH]c32)n1. The first-order valence-corrected chi connectivity index (χ1v) is 6.25. The smallest absolute Gasteiger partial charge is 0.174 e. The number of nitrogens with one attached hydrogen (secondary N) is 1. The van der Waals surface area contributed by atoms with Gasteiger partial charge in [-0.15, -0.1) is 0 Å². The molecular weight excluding hydrogens is 254 g/mol. The maximum Gasteiger partial charge on any atom is 0.174 e. The van der Waals surface area contributed by atoms with Crippen molar-refractivity contribution in [1.82, 2.24) is 15.0 Å². The second-order valence-corrected chi connectivity index (χ2v) is 4.70. The Balaban J connectivity index is 2.09. The molecule has 0 amide bonds. The fourth-order valence-corrected chi connectivity index (χ4v) is 2.44. The van der Waals surface area contributed by atoms with Gasteiger partial charge in [-0.25, -0.2) is 4.98 Å². The number of furan rings is 1. The second kappa shape index (κ2) is 3.84. The van der Waals surface area contributed by atoms with Crippen LogP contribution in [0.1, 0.15) is 5.69 Å². The van der Waals surface area contributed by atoms with E-state index in [1.807, 2.05) is 31.2 Å². The number of aromatic nitrogens is 3. The summed E-state index contributed by atoms with van der Waals surface area (Å²) >= 11 is 0. The molecule has 4 aromatic rings. The monoisotopic (exact) mass is 265 g/mol. The van der Waals surface area contributed by atoms with E-state index in [9.17, 15) is 5.11 Å². The van der Waals surface area contributed by atoms with Gasteiger partial charge in [0.1, 0.15) is 5.75 Å². The number of nitrogens with zero attached hydrogens (tertiary/aromatic N) is 2. The van der Waals surface area contributed by atoms with Gasteiger partial charge in [0.05, 0.1) is 28.2 Å². The van der Waals surface area contributed by atoms with E-state index in [0.29, 0.717) is 17.0 Å². The number of hydrogen-bond donors (Lipinski definition) is 2. The standard InChI is InChI=1S/C15H11N3O2/c1-8-7-11(19)13-9(16-8)4-5-10-14(13)18-15(17-10)12-3-2-6-20-12/h2-7H,1H3,(H,16,19)(H,17,18). The number of benzene rings is 1. The Labute approximate surface area is 113 Å². The van der Waals surface area contributed by atoms with Gasteiger partial charge < -0.3 is 14.5 Å². The summed E-state index contributed by atoms with van der Waals surface area (Å²) in [4.78, 5) is 12.1. The van der Waals surface area contributed by atoms with E-state index in [-0.39, 0.29) is 5.75 Å². The average Bonchev–Trinajstić information content (AvgIpc) is 3.06. The summed E-state index contributed by atoms with van der Waals surface area (Å²) < 4.78 is 5.34. The van der Waals surface area contributed by atoms with Crippen molar-refractivity contribution < 1.29 is 9.52 Å². The molecule has 0 saturated carbocycles. The van der Waals surface area contributed by atoms with Crippen LogP contribution in [0.15, 0.2) is 41.0 Å². The van der Waals surface area contributed by atoms with Crippen molar-refractivity contribution in [3.8, 4) is 17.3 Å². The molecule has 98 valence electrons. The Kier molecular flexibility index (Phi) is 2.12. The minimum Gasteiger partial charge on any atom is -0.507 e. The summed E-state index contributed by atoms with van der Waals surface area (Å²) in [6.45, 7) is 1.85. The van der Waals surface area contributed by atoms with Crippen molar-refractivity contribution in [3.05, 3.63) is 42.3 Å². The first-order chi connectivity index (χ1) is 9.72. The Morgan fingerprint density at radius 3 is 2.80 bits per heavy atom. The van der Waals surface area contributed by atoms with E-state index in [4.69, 9.17) is 4.42 Å². The largest absolute Gasteiger partial charge is 0.507 e. The number of hydrogen-bond acceptors (Lipinski definition) is 4. The quantitative estimate of drug-likeness (QED) is 0.553.